The molecule has 0 aliphatic carbocycles. The summed E-state index contributed by atoms with van der Waals surface area (Å²) in [7, 11) is 0. The van der Waals surface area contributed by atoms with Crippen molar-refractivity contribution in [2.45, 2.75) is 6.92 Å². The summed E-state index contributed by atoms with van der Waals surface area (Å²) in [5, 5.41) is 1.99. The van der Waals surface area contributed by atoms with Crippen LogP contribution in [-0.2, 0) is 4.79 Å². The first kappa shape index (κ1) is 16.9. The number of amidine groups is 1. The van der Waals surface area contributed by atoms with Gasteiger partial charge in [-0.05, 0) is 42.6 Å². The number of amides is 1. The van der Waals surface area contributed by atoms with Gasteiger partial charge in [-0.2, -0.15) is 0 Å². The highest BCUT2D eigenvalue weighted by atomic mass is 79.9. The number of anilines is 1. The number of hydrogen-bond acceptors (Lipinski definition) is 3. The lowest BCUT2D eigenvalue weighted by atomic mass is 10.1. The molecule has 1 aliphatic rings. The number of aliphatic imine (C=N–C) groups is 1. The molecule has 0 bridgehead atoms. The van der Waals surface area contributed by atoms with Gasteiger partial charge in [0.05, 0.1) is 5.69 Å². The van der Waals surface area contributed by atoms with Gasteiger partial charge >= 0.3 is 0 Å². The van der Waals surface area contributed by atoms with E-state index in [1.54, 1.807) is 16.2 Å². The molecule has 0 radical (unpaired) electrons. The van der Waals surface area contributed by atoms with Gasteiger partial charge in [0.1, 0.15) is 11.5 Å². The van der Waals surface area contributed by atoms with Gasteiger partial charge in [0.25, 0.3) is 5.91 Å². The Morgan fingerprint density at radius 2 is 1.88 bits per heavy atom. The standard InChI is InChI=1S/C21H15BrN2OS/c1-14-7-9-15(10-8-14)20-23-19(13-18-6-3-11-26-18)21(25)24(20)17-5-2-4-16(22)12-17/h2-13H,1H3/b19-13+. The van der Waals surface area contributed by atoms with E-state index in [1.165, 1.54) is 5.56 Å². The van der Waals surface area contributed by atoms with Crippen molar-refractivity contribution in [3.63, 3.8) is 0 Å². The second kappa shape index (κ2) is 7.02. The van der Waals surface area contributed by atoms with E-state index in [-0.39, 0.29) is 5.91 Å². The van der Waals surface area contributed by atoms with Gasteiger partial charge in [-0.3, -0.25) is 9.69 Å². The molecule has 0 unspecified atom stereocenters. The summed E-state index contributed by atoms with van der Waals surface area (Å²) in [6, 6.07) is 19.7. The molecule has 0 saturated carbocycles. The highest BCUT2D eigenvalue weighted by molar-refractivity contribution is 9.10. The fourth-order valence-electron chi connectivity index (χ4n) is 2.78. The Hall–Kier alpha value is -2.50. The molecule has 1 amide bonds. The monoisotopic (exact) mass is 422 g/mol. The summed E-state index contributed by atoms with van der Waals surface area (Å²) < 4.78 is 0.918. The summed E-state index contributed by atoms with van der Waals surface area (Å²) in [5.41, 5.74) is 3.32. The average molecular weight is 423 g/mol. The van der Waals surface area contributed by atoms with E-state index in [4.69, 9.17) is 0 Å². The Kier molecular flexibility index (Phi) is 4.57. The van der Waals surface area contributed by atoms with Gasteiger partial charge in [-0.25, -0.2) is 4.99 Å². The number of aryl methyl sites for hydroxylation is 1. The third-order valence-corrected chi connectivity index (χ3v) is 5.37. The van der Waals surface area contributed by atoms with Crippen LogP contribution in [0.5, 0.6) is 0 Å². The number of carbonyl (C=O) groups is 1. The zero-order chi connectivity index (χ0) is 18.1. The predicted octanol–water partition coefficient (Wildman–Crippen LogP) is 5.65. The number of rotatable bonds is 3. The minimum absolute atomic E-state index is 0.118. The zero-order valence-electron chi connectivity index (χ0n) is 14.0. The van der Waals surface area contributed by atoms with Crippen molar-refractivity contribution in [2.75, 3.05) is 4.90 Å². The van der Waals surface area contributed by atoms with Crippen molar-refractivity contribution in [3.8, 4) is 0 Å². The molecule has 0 fully saturated rings. The van der Waals surface area contributed by atoms with Crippen molar-refractivity contribution in [1.29, 1.82) is 0 Å². The molecule has 3 aromatic rings. The maximum atomic E-state index is 13.1. The number of nitrogens with zero attached hydrogens (tertiary/aromatic N) is 2. The first-order chi connectivity index (χ1) is 12.6. The van der Waals surface area contributed by atoms with Crippen molar-refractivity contribution in [3.05, 3.63) is 92.2 Å². The van der Waals surface area contributed by atoms with Crippen LogP contribution < -0.4 is 4.90 Å². The van der Waals surface area contributed by atoms with Crippen LogP contribution in [0.25, 0.3) is 6.08 Å². The third-order valence-electron chi connectivity index (χ3n) is 4.06. The van der Waals surface area contributed by atoms with Crippen LogP contribution in [0.3, 0.4) is 0 Å². The molecular formula is C21H15BrN2OS. The van der Waals surface area contributed by atoms with E-state index in [2.05, 4.69) is 20.9 Å². The summed E-state index contributed by atoms with van der Waals surface area (Å²) >= 11 is 5.07. The first-order valence-corrected chi connectivity index (χ1v) is 9.80. The Morgan fingerprint density at radius 1 is 1.08 bits per heavy atom. The molecule has 0 saturated heterocycles. The summed E-state index contributed by atoms with van der Waals surface area (Å²) in [5.74, 6) is 0.531. The van der Waals surface area contributed by atoms with Gasteiger partial charge in [-0.15, -0.1) is 11.3 Å². The SMILES string of the molecule is Cc1ccc(C2=N/C(=C/c3cccs3)C(=O)N2c2cccc(Br)c2)cc1. The Morgan fingerprint density at radius 3 is 2.58 bits per heavy atom. The summed E-state index contributed by atoms with van der Waals surface area (Å²) in [6.07, 6.45) is 1.85. The molecule has 0 atom stereocenters. The lowest BCUT2D eigenvalue weighted by Crippen LogP contribution is -2.32. The molecular weight excluding hydrogens is 408 g/mol. The van der Waals surface area contributed by atoms with Gasteiger partial charge in [0, 0.05) is 14.9 Å². The van der Waals surface area contributed by atoms with Crippen molar-refractivity contribution in [1.82, 2.24) is 0 Å². The van der Waals surface area contributed by atoms with E-state index in [9.17, 15) is 4.79 Å². The minimum Gasteiger partial charge on any atom is -0.266 e. The second-order valence-electron chi connectivity index (χ2n) is 5.97. The highest BCUT2D eigenvalue weighted by Crippen LogP contribution is 2.30. The fraction of sp³-hybridized carbons (Fsp3) is 0.0476. The van der Waals surface area contributed by atoms with Gasteiger partial charge in [0.15, 0.2) is 0 Å². The number of benzene rings is 2. The van der Waals surface area contributed by atoms with Gasteiger partial charge in [-0.1, -0.05) is 57.9 Å². The second-order valence-corrected chi connectivity index (χ2v) is 7.86. The average Bonchev–Trinajstić information content (AvgIpc) is 3.25. The molecule has 0 N–H and O–H groups in total. The van der Waals surface area contributed by atoms with E-state index in [0.717, 1.165) is 20.6 Å². The Labute approximate surface area is 164 Å². The van der Waals surface area contributed by atoms with Crippen LogP contribution in [0.2, 0.25) is 0 Å². The van der Waals surface area contributed by atoms with Gasteiger partial charge in [0.2, 0.25) is 0 Å². The quantitative estimate of drug-likeness (QED) is 0.501. The highest BCUT2D eigenvalue weighted by Gasteiger charge is 2.32. The number of hydrogen-bond donors (Lipinski definition) is 0. The number of halogens is 1. The first-order valence-electron chi connectivity index (χ1n) is 8.13. The van der Waals surface area contributed by atoms with Crippen LogP contribution in [0.1, 0.15) is 16.0 Å². The van der Waals surface area contributed by atoms with Crippen molar-refractivity contribution < 1.29 is 4.79 Å². The zero-order valence-corrected chi connectivity index (χ0v) is 16.4. The van der Waals surface area contributed by atoms with Crippen molar-refractivity contribution in [2.24, 2.45) is 4.99 Å². The number of thiophene rings is 1. The van der Waals surface area contributed by atoms with Crippen LogP contribution in [0.15, 0.2) is 81.2 Å². The lowest BCUT2D eigenvalue weighted by molar-refractivity contribution is -0.113. The smallest absolute Gasteiger partial charge is 0.266 e. The molecule has 4 rings (SSSR count). The van der Waals surface area contributed by atoms with E-state index in [1.807, 2.05) is 79.0 Å². The third kappa shape index (κ3) is 3.28. The lowest BCUT2D eigenvalue weighted by Gasteiger charge is -2.19. The molecule has 26 heavy (non-hydrogen) atoms. The maximum Gasteiger partial charge on any atom is 0.282 e. The van der Waals surface area contributed by atoms with Crippen LogP contribution in [0.4, 0.5) is 5.69 Å². The normalized spacial score (nSPS) is 15.6. The largest absolute Gasteiger partial charge is 0.282 e. The Balaban J connectivity index is 1.84. The maximum absolute atomic E-state index is 13.1. The topological polar surface area (TPSA) is 32.7 Å². The van der Waals surface area contributed by atoms with E-state index in [0.29, 0.717) is 11.5 Å². The molecule has 1 aromatic heterocycles. The van der Waals surface area contributed by atoms with Crippen molar-refractivity contribution >= 4 is 50.8 Å². The molecule has 1 aliphatic heterocycles. The number of carbonyl (C=O) groups excluding carboxylic acids is 1. The van der Waals surface area contributed by atoms with Crippen LogP contribution in [-0.4, -0.2) is 11.7 Å². The molecule has 128 valence electrons. The Bertz CT molecular complexity index is 1020. The molecule has 2 heterocycles. The predicted molar refractivity (Wildman–Crippen MR) is 112 cm³/mol. The van der Waals surface area contributed by atoms with E-state index < -0.39 is 0 Å². The van der Waals surface area contributed by atoms with E-state index >= 15 is 0 Å². The van der Waals surface area contributed by atoms with Crippen LogP contribution in [0, 0.1) is 6.92 Å². The molecule has 2 aromatic carbocycles. The summed E-state index contributed by atoms with van der Waals surface area (Å²) in [6.45, 7) is 2.04. The molecule has 3 nitrogen and oxygen atoms in total. The fourth-order valence-corrected chi connectivity index (χ4v) is 3.81. The minimum atomic E-state index is -0.118. The summed E-state index contributed by atoms with van der Waals surface area (Å²) in [4.78, 5) is 20.5. The molecule has 0 spiro atoms. The van der Waals surface area contributed by atoms with Crippen LogP contribution >= 0.6 is 27.3 Å². The van der Waals surface area contributed by atoms with Gasteiger partial charge < -0.3 is 0 Å². The molecule has 5 heteroatoms.